The van der Waals surface area contributed by atoms with Crippen LogP contribution in [0.25, 0.3) is 0 Å². The molecule has 0 radical (unpaired) electrons. The summed E-state index contributed by atoms with van der Waals surface area (Å²) in [6, 6.07) is 1.53. The van der Waals surface area contributed by atoms with Gasteiger partial charge in [0.05, 0.1) is 0 Å². The van der Waals surface area contributed by atoms with Gasteiger partial charge >= 0.3 is 0 Å². The fourth-order valence-electron chi connectivity index (χ4n) is 2.17. The van der Waals surface area contributed by atoms with Crippen molar-refractivity contribution in [3.05, 3.63) is 12.3 Å². The average Bonchev–Trinajstić information content (AvgIpc) is 2.97. The van der Waals surface area contributed by atoms with Crippen molar-refractivity contribution in [2.45, 2.75) is 32.2 Å². The molecular weight excluding hydrogens is 290 g/mol. The molecule has 0 aromatic carbocycles. The lowest BCUT2D eigenvalue weighted by Crippen LogP contribution is -2.15. The number of carbonyl (C=O) groups excluding carboxylic acids is 1. The standard InChI is InChI=1S/C12H18F2N4O.ClH/c13-10(14)8-18-6-4-11(17-18)16-12(19)2-1-9-3-5-15-7-9;/h4,6,9-10,15H,1-3,5,7-8H2,(H,16,17,19);1H. The van der Waals surface area contributed by atoms with Crippen LogP contribution in [0.5, 0.6) is 0 Å². The van der Waals surface area contributed by atoms with Gasteiger partial charge in [0.1, 0.15) is 6.54 Å². The number of hydrogen-bond acceptors (Lipinski definition) is 3. The summed E-state index contributed by atoms with van der Waals surface area (Å²) in [6.45, 7) is 1.53. The lowest BCUT2D eigenvalue weighted by molar-refractivity contribution is -0.116. The van der Waals surface area contributed by atoms with Gasteiger partial charge in [0.15, 0.2) is 5.82 Å². The van der Waals surface area contributed by atoms with Gasteiger partial charge in [-0.3, -0.25) is 9.48 Å². The van der Waals surface area contributed by atoms with Crippen LogP contribution in [0.2, 0.25) is 0 Å². The van der Waals surface area contributed by atoms with Crippen molar-refractivity contribution in [2.24, 2.45) is 5.92 Å². The maximum atomic E-state index is 12.1. The van der Waals surface area contributed by atoms with Crippen LogP contribution in [0.15, 0.2) is 12.3 Å². The van der Waals surface area contributed by atoms with Crippen molar-refractivity contribution in [3.63, 3.8) is 0 Å². The van der Waals surface area contributed by atoms with E-state index in [9.17, 15) is 13.6 Å². The third-order valence-electron chi connectivity index (χ3n) is 3.18. The van der Waals surface area contributed by atoms with Crippen LogP contribution in [0.1, 0.15) is 19.3 Å². The number of carbonyl (C=O) groups is 1. The minimum absolute atomic E-state index is 0. The Morgan fingerprint density at radius 1 is 1.60 bits per heavy atom. The Balaban J connectivity index is 0.00000200. The van der Waals surface area contributed by atoms with Gasteiger partial charge in [-0.2, -0.15) is 5.10 Å². The molecule has 2 N–H and O–H groups in total. The zero-order valence-electron chi connectivity index (χ0n) is 11.0. The molecular formula is C12H19ClF2N4O. The highest BCUT2D eigenvalue weighted by atomic mass is 35.5. The predicted octanol–water partition coefficient (Wildman–Crippen LogP) is 1.90. The van der Waals surface area contributed by atoms with E-state index in [2.05, 4.69) is 15.7 Å². The fraction of sp³-hybridized carbons (Fsp3) is 0.667. The molecule has 1 aliphatic heterocycles. The molecule has 0 saturated carbocycles. The van der Waals surface area contributed by atoms with Crippen molar-refractivity contribution in [1.82, 2.24) is 15.1 Å². The maximum absolute atomic E-state index is 12.1. The summed E-state index contributed by atoms with van der Waals surface area (Å²) in [7, 11) is 0. The van der Waals surface area contributed by atoms with Crippen molar-refractivity contribution >= 4 is 24.1 Å². The third-order valence-corrected chi connectivity index (χ3v) is 3.18. The summed E-state index contributed by atoms with van der Waals surface area (Å²) in [5.41, 5.74) is 0. The number of anilines is 1. The molecule has 1 aromatic rings. The minimum atomic E-state index is -2.45. The van der Waals surface area contributed by atoms with Crippen molar-refractivity contribution in [3.8, 4) is 0 Å². The Bertz CT molecular complexity index is 421. The molecule has 1 aliphatic rings. The van der Waals surface area contributed by atoms with E-state index < -0.39 is 13.0 Å². The van der Waals surface area contributed by atoms with Crippen LogP contribution in [0.3, 0.4) is 0 Å². The van der Waals surface area contributed by atoms with Gasteiger partial charge in [-0.1, -0.05) is 0 Å². The lowest BCUT2D eigenvalue weighted by atomic mass is 10.0. The average molecular weight is 309 g/mol. The molecule has 1 saturated heterocycles. The number of rotatable bonds is 6. The molecule has 1 fully saturated rings. The molecule has 20 heavy (non-hydrogen) atoms. The smallest absolute Gasteiger partial charge is 0.257 e. The normalized spacial score (nSPS) is 18.1. The van der Waals surface area contributed by atoms with Crippen LogP contribution in [-0.4, -0.2) is 35.2 Å². The highest BCUT2D eigenvalue weighted by Gasteiger charge is 2.16. The summed E-state index contributed by atoms with van der Waals surface area (Å²) >= 11 is 0. The van der Waals surface area contributed by atoms with Crippen LogP contribution < -0.4 is 10.6 Å². The van der Waals surface area contributed by atoms with Crippen LogP contribution >= 0.6 is 12.4 Å². The number of alkyl halides is 2. The first-order chi connectivity index (χ1) is 9.13. The Kier molecular flexibility index (Phi) is 6.87. The van der Waals surface area contributed by atoms with Gasteiger partial charge in [0, 0.05) is 18.7 Å². The Hall–Kier alpha value is -1.21. The molecule has 5 nitrogen and oxygen atoms in total. The van der Waals surface area contributed by atoms with Gasteiger partial charge in [-0.15, -0.1) is 12.4 Å². The van der Waals surface area contributed by atoms with Gasteiger partial charge in [-0.25, -0.2) is 8.78 Å². The quantitative estimate of drug-likeness (QED) is 0.844. The Morgan fingerprint density at radius 2 is 2.40 bits per heavy atom. The topological polar surface area (TPSA) is 59.0 Å². The van der Waals surface area contributed by atoms with Gasteiger partial charge in [-0.05, 0) is 31.8 Å². The number of amides is 1. The van der Waals surface area contributed by atoms with E-state index in [0.717, 1.165) is 30.6 Å². The summed E-state index contributed by atoms with van der Waals surface area (Å²) < 4.78 is 25.4. The Labute approximate surface area is 122 Å². The van der Waals surface area contributed by atoms with Crippen LogP contribution in [-0.2, 0) is 11.3 Å². The molecule has 2 rings (SSSR count). The minimum Gasteiger partial charge on any atom is -0.316 e. The molecule has 0 spiro atoms. The monoisotopic (exact) mass is 308 g/mol. The third kappa shape index (κ3) is 5.42. The zero-order chi connectivity index (χ0) is 13.7. The van der Waals surface area contributed by atoms with Crippen molar-refractivity contribution < 1.29 is 13.6 Å². The number of nitrogens with one attached hydrogen (secondary N) is 2. The van der Waals surface area contributed by atoms with Crippen molar-refractivity contribution in [1.29, 1.82) is 0 Å². The van der Waals surface area contributed by atoms with Crippen LogP contribution in [0.4, 0.5) is 14.6 Å². The molecule has 1 aromatic heterocycles. The molecule has 8 heteroatoms. The zero-order valence-corrected chi connectivity index (χ0v) is 11.8. The number of aromatic nitrogens is 2. The Morgan fingerprint density at radius 3 is 3.05 bits per heavy atom. The molecule has 0 aliphatic carbocycles. The fourth-order valence-corrected chi connectivity index (χ4v) is 2.17. The highest BCUT2D eigenvalue weighted by Crippen LogP contribution is 2.15. The number of halogens is 3. The number of hydrogen-bond donors (Lipinski definition) is 2. The first-order valence-electron chi connectivity index (χ1n) is 6.45. The largest absolute Gasteiger partial charge is 0.316 e. The predicted molar refractivity (Wildman–Crippen MR) is 74.3 cm³/mol. The van der Waals surface area contributed by atoms with Crippen LogP contribution in [0, 0.1) is 5.92 Å². The molecule has 0 bridgehead atoms. The van der Waals surface area contributed by atoms with E-state index >= 15 is 0 Å². The second-order valence-corrected chi connectivity index (χ2v) is 4.76. The van der Waals surface area contributed by atoms with E-state index in [0.29, 0.717) is 18.2 Å². The maximum Gasteiger partial charge on any atom is 0.257 e. The van der Waals surface area contributed by atoms with Gasteiger partial charge in [0.2, 0.25) is 5.91 Å². The lowest BCUT2D eigenvalue weighted by Gasteiger charge is -2.07. The second-order valence-electron chi connectivity index (χ2n) is 4.76. The molecule has 1 unspecified atom stereocenters. The second kappa shape index (κ2) is 8.16. The molecule has 2 heterocycles. The summed E-state index contributed by atoms with van der Waals surface area (Å²) in [4.78, 5) is 11.7. The summed E-state index contributed by atoms with van der Waals surface area (Å²) in [6.07, 6.45) is 1.38. The summed E-state index contributed by atoms with van der Waals surface area (Å²) in [5.74, 6) is 0.770. The van der Waals surface area contributed by atoms with E-state index in [4.69, 9.17) is 0 Å². The van der Waals surface area contributed by atoms with Gasteiger partial charge < -0.3 is 10.6 Å². The highest BCUT2D eigenvalue weighted by molar-refractivity contribution is 5.89. The molecule has 1 amide bonds. The van der Waals surface area contributed by atoms with E-state index in [1.165, 1.54) is 12.3 Å². The SMILES string of the molecule is Cl.O=C(CCC1CCNC1)Nc1ccn(CC(F)F)n1. The first-order valence-corrected chi connectivity index (χ1v) is 6.45. The number of nitrogens with zero attached hydrogens (tertiary/aromatic N) is 2. The van der Waals surface area contributed by atoms with Crippen molar-refractivity contribution in [2.75, 3.05) is 18.4 Å². The summed E-state index contributed by atoms with van der Waals surface area (Å²) in [5, 5.41) is 9.73. The van der Waals surface area contributed by atoms with Gasteiger partial charge in [0.25, 0.3) is 6.43 Å². The van der Waals surface area contributed by atoms with E-state index in [1.54, 1.807) is 0 Å². The molecule has 114 valence electrons. The first kappa shape index (κ1) is 16.8. The van der Waals surface area contributed by atoms with E-state index in [-0.39, 0.29) is 18.3 Å². The van der Waals surface area contributed by atoms with E-state index in [1.807, 2.05) is 0 Å². The molecule has 1 atom stereocenters.